The number of hydrogen-bond donors (Lipinski definition) is 6. The van der Waals surface area contributed by atoms with Crippen LogP contribution in [0.3, 0.4) is 0 Å². The zero-order valence-electron chi connectivity index (χ0n) is 18.5. The average Bonchev–Trinajstić information content (AvgIpc) is 3.39. The van der Waals surface area contributed by atoms with Crippen molar-refractivity contribution in [1.29, 1.82) is 0 Å². The second-order valence-corrected chi connectivity index (χ2v) is 8.98. The normalized spacial score (nSPS) is 32.0. The molecule has 2 saturated carbocycles. The van der Waals surface area contributed by atoms with Crippen LogP contribution >= 0.6 is 0 Å². The average molecular weight is 463 g/mol. The van der Waals surface area contributed by atoms with E-state index < -0.39 is 35.7 Å². The lowest BCUT2D eigenvalue weighted by atomic mass is 9.75. The van der Waals surface area contributed by atoms with Crippen molar-refractivity contribution in [1.82, 2.24) is 0 Å². The van der Waals surface area contributed by atoms with E-state index in [1.54, 1.807) is 0 Å². The molecular formula is C22H38O10. The lowest BCUT2D eigenvalue weighted by Gasteiger charge is -2.32. The predicted octanol–water partition coefficient (Wildman–Crippen LogP) is 1.07. The van der Waals surface area contributed by atoms with Gasteiger partial charge in [-0.05, 0) is 69.1 Å². The maximum atomic E-state index is 10.7. The van der Waals surface area contributed by atoms with E-state index in [-0.39, 0.29) is 56.8 Å². The highest BCUT2D eigenvalue weighted by Crippen LogP contribution is 2.34. The molecule has 32 heavy (non-hydrogen) atoms. The van der Waals surface area contributed by atoms with Gasteiger partial charge in [-0.3, -0.25) is 14.4 Å². The van der Waals surface area contributed by atoms with Gasteiger partial charge in [0.05, 0.1) is 17.8 Å². The van der Waals surface area contributed by atoms with Gasteiger partial charge in [0.1, 0.15) is 0 Å². The van der Waals surface area contributed by atoms with E-state index in [0.717, 1.165) is 32.5 Å². The van der Waals surface area contributed by atoms with Crippen molar-refractivity contribution < 1.29 is 49.8 Å². The summed E-state index contributed by atoms with van der Waals surface area (Å²) in [7, 11) is 0. The number of hydrogen-bond acceptors (Lipinski definition) is 7. The first-order valence-electron chi connectivity index (χ1n) is 11.3. The summed E-state index contributed by atoms with van der Waals surface area (Å²) in [6.07, 6.45) is 5.34. The van der Waals surface area contributed by atoms with Crippen molar-refractivity contribution in [2.75, 3.05) is 33.0 Å². The second-order valence-electron chi connectivity index (χ2n) is 8.98. The van der Waals surface area contributed by atoms with E-state index in [1.807, 2.05) is 0 Å². The molecule has 10 nitrogen and oxygen atoms in total. The van der Waals surface area contributed by atoms with Gasteiger partial charge in [0, 0.05) is 33.0 Å². The highest BCUT2D eigenvalue weighted by atomic mass is 16.5. The Bertz CT molecular complexity index is 486. The molecule has 6 N–H and O–H groups in total. The fraction of sp³-hybridized carbons (Fsp3) is 0.864. The summed E-state index contributed by atoms with van der Waals surface area (Å²) in [6.45, 7) is 2.56. The van der Waals surface area contributed by atoms with Crippen LogP contribution in [0.2, 0.25) is 0 Å². The van der Waals surface area contributed by atoms with Crippen molar-refractivity contribution in [3.63, 3.8) is 0 Å². The van der Waals surface area contributed by atoms with Gasteiger partial charge < -0.3 is 35.4 Å². The Balaban J connectivity index is 0.000000267. The Morgan fingerprint density at radius 2 is 0.844 bits per heavy atom. The van der Waals surface area contributed by atoms with Crippen LogP contribution in [-0.2, 0) is 19.1 Å². The number of aliphatic hydroxyl groups is 3. The SMILES string of the molecule is C1CCOC1.O=C(O)C1CC(C(=O)O)CC(C(=O)O)C1.OCC1CC(CO)CC(CO)C1. The maximum Gasteiger partial charge on any atom is 0.306 e. The van der Waals surface area contributed by atoms with E-state index >= 15 is 0 Å². The molecular weight excluding hydrogens is 424 g/mol. The zero-order valence-corrected chi connectivity index (χ0v) is 18.5. The van der Waals surface area contributed by atoms with Crippen molar-refractivity contribution >= 4 is 17.9 Å². The van der Waals surface area contributed by atoms with Gasteiger partial charge in [-0.1, -0.05) is 0 Å². The predicted molar refractivity (Wildman–Crippen MR) is 113 cm³/mol. The van der Waals surface area contributed by atoms with Crippen LogP contribution < -0.4 is 0 Å². The smallest absolute Gasteiger partial charge is 0.306 e. The third-order valence-electron chi connectivity index (χ3n) is 6.36. The van der Waals surface area contributed by atoms with Gasteiger partial charge in [0.25, 0.3) is 0 Å². The van der Waals surface area contributed by atoms with E-state index in [4.69, 9.17) is 35.4 Å². The Hall–Kier alpha value is -1.75. The summed E-state index contributed by atoms with van der Waals surface area (Å²) in [5.74, 6) is -5.08. The summed E-state index contributed by atoms with van der Waals surface area (Å²) in [5, 5.41) is 53.1. The van der Waals surface area contributed by atoms with Crippen LogP contribution in [-0.4, -0.2) is 81.6 Å². The van der Waals surface area contributed by atoms with Crippen molar-refractivity contribution in [3.8, 4) is 0 Å². The molecule has 0 aromatic rings. The van der Waals surface area contributed by atoms with Crippen LogP contribution in [0.1, 0.15) is 51.4 Å². The fourth-order valence-corrected chi connectivity index (χ4v) is 4.58. The van der Waals surface area contributed by atoms with Crippen LogP contribution in [0.5, 0.6) is 0 Å². The molecule has 1 aliphatic heterocycles. The minimum Gasteiger partial charge on any atom is -0.481 e. The molecule has 2 aliphatic carbocycles. The van der Waals surface area contributed by atoms with Crippen LogP contribution in [0, 0.1) is 35.5 Å². The fourth-order valence-electron chi connectivity index (χ4n) is 4.58. The summed E-state index contributed by atoms with van der Waals surface area (Å²) in [6, 6.07) is 0. The Labute approximate surface area is 188 Å². The van der Waals surface area contributed by atoms with Crippen molar-refractivity contribution in [3.05, 3.63) is 0 Å². The lowest BCUT2D eigenvalue weighted by Crippen LogP contribution is -2.34. The van der Waals surface area contributed by atoms with Crippen molar-refractivity contribution in [2.24, 2.45) is 35.5 Å². The van der Waals surface area contributed by atoms with E-state index in [9.17, 15) is 14.4 Å². The number of aliphatic hydroxyl groups excluding tert-OH is 3. The molecule has 0 spiro atoms. The molecule has 3 rings (SSSR count). The zero-order chi connectivity index (χ0) is 24.1. The number of carbonyl (C=O) groups is 3. The number of ether oxygens (including phenoxy) is 1. The van der Waals surface area contributed by atoms with Crippen LogP contribution in [0.4, 0.5) is 0 Å². The Kier molecular flexibility index (Phi) is 13.4. The molecule has 0 bridgehead atoms. The molecule has 3 aliphatic rings. The quantitative estimate of drug-likeness (QED) is 0.334. The van der Waals surface area contributed by atoms with Gasteiger partial charge in [0.2, 0.25) is 0 Å². The molecule has 0 aromatic carbocycles. The third-order valence-corrected chi connectivity index (χ3v) is 6.36. The lowest BCUT2D eigenvalue weighted by molar-refractivity contribution is -0.153. The van der Waals surface area contributed by atoms with E-state index in [2.05, 4.69) is 0 Å². The van der Waals surface area contributed by atoms with Gasteiger partial charge in [-0.2, -0.15) is 0 Å². The Morgan fingerprint density at radius 1 is 0.562 bits per heavy atom. The summed E-state index contributed by atoms with van der Waals surface area (Å²) in [5.41, 5.74) is 0. The van der Waals surface area contributed by atoms with E-state index in [1.165, 1.54) is 12.8 Å². The van der Waals surface area contributed by atoms with Gasteiger partial charge in [-0.25, -0.2) is 0 Å². The molecule has 0 atom stereocenters. The first-order chi connectivity index (χ1) is 15.2. The van der Waals surface area contributed by atoms with Gasteiger partial charge in [0.15, 0.2) is 0 Å². The molecule has 3 fully saturated rings. The first kappa shape index (κ1) is 28.3. The monoisotopic (exact) mass is 462 g/mol. The molecule has 0 unspecified atom stereocenters. The number of aliphatic carboxylic acids is 3. The largest absolute Gasteiger partial charge is 0.481 e. The van der Waals surface area contributed by atoms with Crippen LogP contribution in [0.25, 0.3) is 0 Å². The summed E-state index contributed by atoms with van der Waals surface area (Å²) >= 11 is 0. The summed E-state index contributed by atoms with van der Waals surface area (Å²) in [4.78, 5) is 32.1. The summed E-state index contributed by atoms with van der Waals surface area (Å²) < 4.78 is 4.94. The highest BCUT2D eigenvalue weighted by Gasteiger charge is 2.39. The van der Waals surface area contributed by atoms with Crippen molar-refractivity contribution in [2.45, 2.75) is 51.4 Å². The maximum absolute atomic E-state index is 10.7. The minimum atomic E-state index is -1.12. The number of carboxylic acids is 3. The Morgan fingerprint density at radius 3 is 1.00 bits per heavy atom. The third kappa shape index (κ3) is 10.2. The first-order valence-corrected chi connectivity index (χ1v) is 11.3. The van der Waals surface area contributed by atoms with Gasteiger partial charge >= 0.3 is 17.9 Å². The highest BCUT2D eigenvalue weighted by molar-refractivity contribution is 5.78. The molecule has 0 radical (unpaired) electrons. The standard InChI is InChI=1S/C9H12O6.C9H18O3.C4H8O/c10-7(11)4-1-5(8(12)13)3-6(2-4)9(14)15;10-4-7-1-8(5-11)3-9(2-7)6-12;1-2-4-5-3-1/h4-6H,1-3H2,(H,10,11)(H,12,13)(H,14,15);7-12H,1-6H2;1-4H2. The topological polar surface area (TPSA) is 182 Å². The van der Waals surface area contributed by atoms with Gasteiger partial charge in [-0.15, -0.1) is 0 Å². The molecule has 1 heterocycles. The molecule has 10 heteroatoms. The molecule has 186 valence electrons. The molecule has 1 saturated heterocycles. The molecule has 0 amide bonds. The number of carboxylic acid groups (broad SMARTS) is 3. The molecule has 0 aromatic heterocycles. The second kappa shape index (κ2) is 15.2. The minimum absolute atomic E-state index is 0.0223. The number of rotatable bonds is 6. The van der Waals surface area contributed by atoms with E-state index in [0.29, 0.717) is 0 Å². The van der Waals surface area contributed by atoms with Crippen LogP contribution in [0.15, 0.2) is 0 Å².